The van der Waals surface area contributed by atoms with Gasteiger partial charge in [0.1, 0.15) is 5.56 Å². The summed E-state index contributed by atoms with van der Waals surface area (Å²) in [5, 5.41) is 2.85. The molecule has 1 N–H and O–H groups in total. The van der Waals surface area contributed by atoms with Crippen LogP contribution in [0.25, 0.3) is 0 Å². The lowest BCUT2D eigenvalue weighted by molar-refractivity contribution is -0.116. The largest absolute Gasteiger partial charge is 0.477 e. The average molecular weight is 325 g/mol. The number of para-hydroxylation sites is 2. The van der Waals surface area contributed by atoms with Gasteiger partial charge in [0.15, 0.2) is 0 Å². The van der Waals surface area contributed by atoms with E-state index in [-0.39, 0.29) is 24.3 Å². The number of amides is 2. The van der Waals surface area contributed by atoms with E-state index in [9.17, 15) is 9.59 Å². The number of benzene rings is 1. The zero-order valence-corrected chi connectivity index (χ0v) is 13.7. The number of anilines is 2. The zero-order chi connectivity index (χ0) is 17.1. The number of hydrogen-bond donors (Lipinski definition) is 1. The second-order valence-corrected chi connectivity index (χ2v) is 5.58. The molecule has 1 aromatic carbocycles. The van der Waals surface area contributed by atoms with Gasteiger partial charge in [0, 0.05) is 18.7 Å². The molecule has 1 aliphatic heterocycles. The molecule has 0 radical (unpaired) electrons. The van der Waals surface area contributed by atoms with Crippen molar-refractivity contribution in [2.75, 3.05) is 16.8 Å². The van der Waals surface area contributed by atoms with Crippen molar-refractivity contribution in [1.82, 2.24) is 4.98 Å². The molecule has 1 aliphatic rings. The molecule has 2 amide bonds. The Hall–Kier alpha value is -2.89. The lowest BCUT2D eigenvalue weighted by atomic mass is 10.1. The number of fused-ring (bicyclic) bond motifs is 1. The highest BCUT2D eigenvalue weighted by Crippen LogP contribution is 2.33. The Morgan fingerprint density at radius 3 is 2.92 bits per heavy atom. The van der Waals surface area contributed by atoms with E-state index in [0.717, 1.165) is 0 Å². The van der Waals surface area contributed by atoms with Gasteiger partial charge in [0.25, 0.3) is 5.91 Å². The van der Waals surface area contributed by atoms with Gasteiger partial charge in [-0.05, 0) is 38.1 Å². The summed E-state index contributed by atoms with van der Waals surface area (Å²) in [6, 6.07) is 10.4. The maximum atomic E-state index is 13.2. The van der Waals surface area contributed by atoms with Crippen LogP contribution in [0.5, 0.6) is 5.88 Å². The van der Waals surface area contributed by atoms with Gasteiger partial charge < -0.3 is 15.0 Å². The maximum Gasteiger partial charge on any atom is 0.264 e. The summed E-state index contributed by atoms with van der Waals surface area (Å²) in [5.41, 5.74) is 1.68. The number of hydrogen-bond acceptors (Lipinski definition) is 4. The van der Waals surface area contributed by atoms with Crippen molar-refractivity contribution >= 4 is 23.2 Å². The topological polar surface area (TPSA) is 71.5 Å². The van der Waals surface area contributed by atoms with Crippen LogP contribution in [0.3, 0.4) is 0 Å². The lowest BCUT2D eigenvalue weighted by Gasteiger charge is -2.28. The number of aromatic nitrogens is 1. The average Bonchev–Trinajstić information content (AvgIpc) is 2.69. The number of ether oxygens (including phenoxy) is 1. The third-order valence-corrected chi connectivity index (χ3v) is 3.86. The third kappa shape index (κ3) is 2.95. The molecule has 6 nitrogen and oxygen atoms in total. The predicted octanol–water partition coefficient (Wildman–Crippen LogP) is 2.86. The molecule has 1 aromatic heterocycles. The van der Waals surface area contributed by atoms with Gasteiger partial charge in [0.2, 0.25) is 11.8 Å². The molecular formula is C18H19N3O3. The van der Waals surface area contributed by atoms with E-state index in [0.29, 0.717) is 29.4 Å². The van der Waals surface area contributed by atoms with E-state index < -0.39 is 0 Å². The van der Waals surface area contributed by atoms with Gasteiger partial charge in [-0.25, -0.2) is 4.98 Å². The first-order valence-corrected chi connectivity index (χ1v) is 7.92. The van der Waals surface area contributed by atoms with Gasteiger partial charge in [-0.15, -0.1) is 0 Å². The molecule has 0 spiro atoms. The number of carbonyl (C=O) groups is 2. The van der Waals surface area contributed by atoms with Crippen molar-refractivity contribution in [1.29, 1.82) is 0 Å². The molecule has 0 saturated carbocycles. The maximum absolute atomic E-state index is 13.2. The summed E-state index contributed by atoms with van der Waals surface area (Å²) in [6.07, 6.45) is 1.82. The highest BCUT2D eigenvalue weighted by Gasteiger charge is 2.31. The Morgan fingerprint density at radius 2 is 2.12 bits per heavy atom. The first-order valence-electron chi connectivity index (χ1n) is 7.92. The summed E-state index contributed by atoms with van der Waals surface area (Å²) in [7, 11) is 0. The fourth-order valence-corrected chi connectivity index (χ4v) is 2.83. The monoisotopic (exact) mass is 325 g/mol. The van der Waals surface area contributed by atoms with Crippen molar-refractivity contribution in [2.24, 2.45) is 0 Å². The summed E-state index contributed by atoms with van der Waals surface area (Å²) in [5.74, 6) is -0.0392. The fourth-order valence-electron chi connectivity index (χ4n) is 2.83. The Labute approximate surface area is 140 Å². The third-order valence-electron chi connectivity index (χ3n) is 3.86. The standard InChI is InChI=1S/C18H19N3O3/c1-3-24-17-13(7-6-10-19-17)18(23)21-12(2)11-16(22)20-14-8-4-5-9-15(14)21/h4-10,12H,3,11H2,1-2H3,(H,20,22)/t12-/m0/s1. The number of nitrogens with one attached hydrogen (secondary N) is 1. The highest BCUT2D eigenvalue weighted by atomic mass is 16.5. The van der Waals surface area contributed by atoms with E-state index >= 15 is 0 Å². The second-order valence-electron chi connectivity index (χ2n) is 5.58. The Morgan fingerprint density at radius 1 is 1.33 bits per heavy atom. The van der Waals surface area contributed by atoms with Gasteiger partial charge in [-0.2, -0.15) is 0 Å². The van der Waals surface area contributed by atoms with Gasteiger partial charge in [-0.1, -0.05) is 12.1 Å². The molecule has 1 atom stereocenters. The summed E-state index contributed by atoms with van der Waals surface area (Å²) in [4.78, 5) is 31.0. The Kier molecular flexibility index (Phi) is 4.46. The molecule has 6 heteroatoms. The Balaban J connectivity index is 2.07. The quantitative estimate of drug-likeness (QED) is 0.942. The van der Waals surface area contributed by atoms with Crippen molar-refractivity contribution in [2.45, 2.75) is 26.3 Å². The van der Waals surface area contributed by atoms with Crippen molar-refractivity contribution in [3.8, 4) is 5.88 Å². The van der Waals surface area contributed by atoms with Crippen molar-refractivity contribution < 1.29 is 14.3 Å². The molecule has 2 aromatic rings. The van der Waals surface area contributed by atoms with E-state index in [1.54, 1.807) is 29.3 Å². The predicted molar refractivity (Wildman–Crippen MR) is 91.4 cm³/mol. The lowest BCUT2D eigenvalue weighted by Crippen LogP contribution is -2.39. The number of pyridine rings is 1. The van der Waals surface area contributed by atoms with Gasteiger partial charge in [-0.3, -0.25) is 9.59 Å². The fraction of sp³-hybridized carbons (Fsp3) is 0.278. The van der Waals surface area contributed by atoms with Crippen LogP contribution in [-0.4, -0.2) is 29.4 Å². The Bertz CT molecular complexity index is 776. The molecule has 0 aliphatic carbocycles. The molecule has 124 valence electrons. The molecule has 0 unspecified atom stereocenters. The van der Waals surface area contributed by atoms with E-state index in [1.165, 1.54) is 0 Å². The minimum atomic E-state index is -0.282. The minimum absolute atomic E-state index is 0.110. The van der Waals surface area contributed by atoms with Crippen LogP contribution in [0.1, 0.15) is 30.6 Å². The smallest absolute Gasteiger partial charge is 0.264 e. The van der Waals surface area contributed by atoms with Crippen LogP contribution in [-0.2, 0) is 4.79 Å². The molecule has 0 fully saturated rings. The normalized spacial score (nSPS) is 16.8. The van der Waals surface area contributed by atoms with Crippen LogP contribution >= 0.6 is 0 Å². The van der Waals surface area contributed by atoms with Crippen molar-refractivity contribution in [3.63, 3.8) is 0 Å². The van der Waals surface area contributed by atoms with Crippen LogP contribution in [0, 0.1) is 0 Å². The first-order chi connectivity index (χ1) is 11.6. The second kappa shape index (κ2) is 6.70. The molecule has 0 bridgehead atoms. The van der Waals surface area contributed by atoms with Gasteiger partial charge >= 0.3 is 0 Å². The number of nitrogens with zero attached hydrogens (tertiary/aromatic N) is 2. The van der Waals surface area contributed by atoms with Crippen LogP contribution in [0.15, 0.2) is 42.6 Å². The molecule has 0 saturated heterocycles. The van der Waals surface area contributed by atoms with Crippen LogP contribution in [0.4, 0.5) is 11.4 Å². The molecular weight excluding hydrogens is 306 g/mol. The summed E-state index contributed by atoms with van der Waals surface area (Å²) >= 11 is 0. The van der Waals surface area contributed by atoms with Crippen LogP contribution in [0.2, 0.25) is 0 Å². The van der Waals surface area contributed by atoms with E-state index in [2.05, 4.69) is 10.3 Å². The van der Waals surface area contributed by atoms with Gasteiger partial charge in [0.05, 0.1) is 18.0 Å². The molecule has 3 rings (SSSR count). The minimum Gasteiger partial charge on any atom is -0.477 e. The highest BCUT2D eigenvalue weighted by molar-refractivity contribution is 6.12. The van der Waals surface area contributed by atoms with Crippen LogP contribution < -0.4 is 15.0 Å². The zero-order valence-electron chi connectivity index (χ0n) is 13.7. The molecule has 24 heavy (non-hydrogen) atoms. The van der Waals surface area contributed by atoms with E-state index in [1.807, 2.05) is 32.0 Å². The number of rotatable bonds is 3. The van der Waals surface area contributed by atoms with E-state index in [4.69, 9.17) is 4.74 Å². The summed E-state index contributed by atoms with van der Waals surface area (Å²) < 4.78 is 5.48. The molecule has 2 heterocycles. The summed E-state index contributed by atoms with van der Waals surface area (Å²) in [6.45, 7) is 4.12. The number of carbonyl (C=O) groups excluding carboxylic acids is 2. The van der Waals surface area contributed by atoms with Crippen molar-refractivity contribution in [3.05, 3.63) is 48.2 Å². The SMILES string of the molecule is CCOc1ncccc1C(=O)N1c2ccccc2NC(=O)C[C@@H]1C. The first kappa shape index (κ1) is 16.0.